The molecule has 4 nitrogen and oxygen atoms in total. The van der Waals surface area contributed by atoms with Crippen molar-refractivity contribution < 1.29 is 0 Å². The highest BCUT2D eigenvalue weighted by atomic mass is 15.1. The van der Waals surface area contributed by atoms with Gasteiger partial charge < -0.3 is 0 Å². The van der Waals surface area contributed by atoms with Gasteiger partial charge in [-0.3, -0.25) is 9.13 Å². The third-order valence-electron chi connectivity index (χ3n) is 8.41. The van der Waals surface area contributed by atoms with Crippen LogP contribution < -0.4 is 0 Å². The Balaban J connectivity index is 1.79. The first-order valence-corrected chi connectivity index (χ1v) is 14.2. The Morgan fingerprint density at radius 3 is 1.17 bits per heavy atom. The fourth-order valence-electron chi connectivity index (χ4n) is 6.80. The lowest BCUT2D eigenvalue weighted by atomic mass is 10.1. The number of fused-ring (bicyclic) bond motifs is 8. The SMILES string of the molecule is c1ccc(-n2c3c(c4ccccc42)=c2ccccc2=c2c(c4ccccc4n2-c2ccccn2)=c2ccccc2=3)nc1. The molecule has 8 aromatic rings. The highest BCUT2D eigenvalue weighted by Crippen LogP contribution is 2.29. The largest absolute Gasteiger partial charge is 0.293 e. The molecular formula is C38H24N4. The van der Waals surface area contributed by atoms with Gasteiger partial charge in [0.05, 0.1) is 21.7 Å². The van der Waals surface area contributed by atoms with Crippen LogP contribution in [0.5, 0.6) is 0 Å². The molecule has 0 saturated carbocycles. The summed E-state index contributed by atoms with van der Waals surface area (Å²) in [5.41, 5.74) is 2.27. The van der Waals surface area contributed by atoms with Crippen molar-refractivity contribution in [1.82, 2.24) is 19.1 Å². The zero-order valence-corrected chi connectivity index (χ0v) is 22.6. The van der Waals surface area contributed by atoms with E-state index in [0.29, 0.717) is 0 Å². The van der Waals surface area contributed by atoms with Crippen LogP contribution in [0.4, 0.5) is 0 Å². The molecule has 4 heterocycles. The highest BCUT2D eigenvalue weighted by Gasteiger charge is 2.16. The van der Waals surface area contributed by atoms with Gasteiger partial charge in [-0.15, -0.1) is 0 Å². The normalized spacial score (nSPS) is 11.8. The second-order valence-corrected chi connectivity index (χ2v) is 10.6. The van der Waals surface area contributed by atoms with Crippen molar-refractivity contribution in [2.75, 3.05) is 0 Å². The van der Waals surface area contributed by atoms with Gasteiger partial charge in [-0.25, -0.2) is 9.97 Å². The molecule has 0 spiro atoms. The molecule has 0 N–H and O–H groups in total. The number of benzene rings is 4. The molecule has 42 heavy (non-hydrogen) atoms. The zero-order valence-electron chi connectivity index (χ0n) is 22.6. The molecule has 0 fully saturated rings. The van der Waals surface area contributed by atoms with Gasteiger partial charge in [-0.1, -0.05) is 97.1 Å². The summed E-state index contributed by atoms with van der Waals surface area (Å²) in [4.78, 5) is 9.70. The smallest absolute Gasteiger partial charge is 0.137 e. The van der Waals surface area contributed by atoms with E-state index >= 15 is 0 Å². The molecule has 9 rings (SSSR count). The summed E-state index contributed by atoms with van der Waals surface area (Å²) >= 11 is 0. The Labute approximate surface area is 240 Å². The first kappa shape index (κ1) is 23.0. The number of hydrogen-bond donors (Lipinski definition) is 0. The zero-order chi connectivity index (χ0) is 27.6. The molecule has 1 aliphatic carbocycles. The molecule has 0 radical (unpaired) electrons. The van der Waals surface area contributed by atoms with Crippen LogP contribution in [-0.2, 0) is 0 Å². The number of hydrogen-bond acceptors (Lipinski definition) is 2. The predicted octanol–water partition coefficient (Wildman–Crippen LogP) is 7.83. The molecule has 0 amide bonds. The van der Waals surface area contributed by atoms with Gasteiger partial charge in [0.2, 0.25) is 0 Å². The van der Waals surface area contributed by atoms with E-state index in [4.69, 9.17) is 9.97 Å². The minimum atomic E-state index is 0.902. The molecule has 0 unspecified atom stereocenters. The number of aromatic nitrogens is 4. The Bertz CT molecular complexity index is 2540. The molecule has 196 valence electrons. The molecular weight excluding hydrogens is 512 g/mol. The molecule has 0 bridgehead atoms. The lowest BCUT2D eigenvalue weighted by Gasteiger charge is -2.07. The standard InChI is InChI=1S/C38H24N4/c1-3-15-27-25(13-1)35-29-17-5-7-19-31(29)42(34-22-10-12-24-40-34)38(35)28-16-4-2-14-26(28)36-30-18-6-8-20-32(30)41(37(27)36)33-21-9-11-23-39-33/h1-24H. The van der Waals surface area contributed by atoms with Crippen LogP contribution in [0, 0.1) is 42.0 Å². The van der Waals surface area contributed by atoms with E-state index in [1.54, 1.807) is 0 Å². The molecule has 0 saturated heterocycles. The van der Waals surface area contributed by atoms with Crippen molar-refractivity contribution in [3.63, 3.8) is 0 Å². The van der Waals surface area contributed by atoms with Crippen LogP contribution in [0.3, 0.4) is 0 Å². The number of rotatable bonds is 2. The summed E-state index contributed by atoms with van der Waals surface area (Å²) in [5, 5.41) is 11.8. The summed E-state index contributed by atoms with van der Waals surface area (Å²) < 4.78 is 4.67. The van der Waals surface area contributed by atoms with Crippen LogP contribution in [0.1, 0.15) is 0 Å². The summed E-state index contributed by atoms with van der Waals surface area (Å²) in [6, 6.07) is 47.3. The highest BCUT2D eigenvalue weighted by molar-refractivity contribution is 5.84. The first-order valence-electron chi connectivity index (χ1n) is 14.2. The monoisotopic (exact) mass is 536 g/mol. The second-order valence-electron chi connectivity index (χ2n) is 10.6. The van der Waals surface area contributed by atoms with Crippen LogP contribution >= 0.6 is 0 Å². The number of para-hydroxylation sites is 2. The topological polar surface area (TPSA) is 35.6 Å². The summed E-state index contributed by atoms with van der Waals surface area (Å²) in [7, 11) is 0. The summed E-state index contributed by atoms with van der Waals surface area (Å²) in [6.45, 7) is 0. The van der Waals surface area contributed by atoms with E-state index in [1.165, 1.54) is 42.1 Å². The van der Waals surface area contributed by atoms with Crippen LogP contribution in [0.15, 0.2) is 146 Å². The minimum Gasteiger partial charge on any atom is -0.293 e. The van der Waals surface area contributed by atoms with Crippen molar-refractivity contribution in [3.8, 4) is 11.6 Å². The van der Waals surface area contributed by atoms with E-state index in [0.717, 1.165) is 33.4 Å². The molecule has 4 heteroatoms. The van der Waals surface area contributed by atoms with E-state index in [9.17, 15) is 0 Å². The van der Waals surface area contributed by atoms with E-state index in [2.05, 4.69) is 130 Å². The van der Waals surface area contributed by atoms with Crippen molar-refractivity contribution in [1.29, 1.82) is 0 Å². The molecule has 4 aromatic carbocycles. The van der Waals surface area contributed by atoms with Gasteiger partial charge in [0, 0.05) is 44.0 Å². The lowest BCUT2D eigenvalue weighted by Crippen LogP contribution is -2.00. The fourth-order valence-corrected chi connectivity index (χ4v) is 6.80. The van der Waals surface area contributed by atoms with Crippen molar-refractivity contribution in [2.24, 2.45) is 0 Å². The average Bonchev–Trinajstić information content (AvgIpc) is 3.58. The number of nitrogens with zero attached hydrogens (tertiary/aromatic N) is 4. The lowest BCUT2D eigenvalue weighted by molar-refractivity contribution is 0.983. The summed E-state index contributed by atoms with van der Waals surface area (Å²) in [5.74, 6) is 1.80. The Hall–Kier alpha value is -5.74. The van der Waals surface area contributed by atoms with Crippen LogP contribution in [0.25, 0.3) is 33.4 Å². The Kier molecular flexibility index (Phi) is 4.87. The van der Waals surface area contributed by atoms with E-state index < -0.39 is 0 Å². The molecule has 0 atom stereocenters. The predicted molar refractivity (Wildman–Crippen MR) is 166 cm³/mol. The van der Waals surface area contributed by atoms with Gasteiger partial charge in [-0.05, 0) is 46.8 Å². The first-order chi connectivity index (χ1) is 20.9. The maximum atomic E-state index is 4.85. The van der Waals surface area contributed by atoms with Crippen molar-refractivity contribution in [3.05, 3.63) is 188 Å². The number of pyridine rings is 2. The second kappa shape index (κ2) is 8.88. The summed E-state index contributed by atoms with van der Waals surface area (Å²) in [6.07, 6.45) is 3.75. The molecule has 1 aliphatic rings. The quantitative estimate of drug-likeness (QED) is 0.226. The van der Waals surface area contributed by atoms with Crippen molar-refractivity contribution >= 4 is 21.8 Å². The van der Waals surface area contributed by atoms with Crippen LogP contribution in [0.2, 0.25) is 0 Å². The fraction of sp³-hybridized carbons (Fsp3) is 0. The molecule has 4 aromatic heterocycles. The van der Waals surface area contributed by atoms with Crippen molar-refractivity contribution in [2.45, 2.75) is 0 Å². The van der Waals surface area contributed by atoms with Gasteiger partial charge in [0.1, 0.15) is 11.6 Å². The van der Waals surface area contributed by atoms with Crippen LogP contribution in [-0.4, -0.2) is 19.1 Å². The van der Waals surface area contributed by atoms with Gasteiger partial charge >= 0.3 is 0 Å². The Morgan fingerprint density at radius 2 is 0.738 bits per heavy atom. The average molecular weight is 537 g/mol. The Morgan fingerprint density at radius 1 is 0.357 bits per heavy atom. The third-order valence-corrected chi connectivity index (χ3v) is 8.41. The minimum absolute atomic E-state index is 0.902. The van der Waals surface area contributed by atoms with E-state index in [1.807, 2.05) is 24.5 Å². The van der Waals surface area contributed by atoms with Gasteiger partial charge in [0.25, 0.3) is 0 Å². The maximum absolute atomic E-state index is 4.85. The van der Waals surface area contributed by atoms with Gasteiger partial charge in [0.15, 0.2) is 0 Å². The maximum Gasteiger partial charge on any atom is 0.137 e. The third kappa shape index (κ3) is 3.12. The van der Waals surface area contributed by atoms with Gasteiger partial charge in [-0.2, -0.15) is 0 Å². The molecule has 0 aliphatic heterocycles. The van der Waals surface area contributed by atoms with E-state index in [-0.39, 0.29) is 0 Å².